The highest BCUT2D eigenvalue weighted by molar-refractivity contribution is 9.10. The summed E-state index contributed by atoms with van der Waals surface area (Å²) in [6.07, 6.45) is 3.68. The van der Waals surface area contributed by atoms with Crippen molar-refractivity contribution in [3.05, 3.63) is 35.1 Å². The van der Waals surface area contributed by atoms with Crippen LogP contribution < -0.4 is 10.1 Å². The minimum absolute atomic E-state index is 0.650. The number of anilines is 2. The zero-order chi connectivity index (χ0) is 13.7. The number of ether oxygens (including phenoxy) is 2. The number of hydrogen-bond donors (Lipinski definition) is 1. The Labute approximate surface area is 120 Å². The summed E-state index contributed by atoms with van der Waals surface area (Å²) in [7, 11) is 3.33. The maximum Gasteiger partial charge on any atom is 0.207 e. The third-order valence-corrected chi connectivity index (χ3v) is 3.28. The quantitative estimate of drug-likeness (QED) is 0.886. The van der Waals surface area contributed by atoms with Gasteiger partial charge in [0.2, 0.25) is 5.95 Å². The molecule has 0 atom stereocenters. The van der Waals surface area contributed by atoms with Gasteiger partial charge in [-0.15, -0.1) is 0 Å². The molecule has 0 aliphatic carbocycles. The van der Waals surface area contributed by atoms with Crippen molar-refractivity contribution in [3.8, 4) is 5.75 Å². The Bertz CT molecular complexity index is 542. The van der Waals surface area contributed by atoms with E-state index in [0.717, 1.165) is 28.4 Å². The number of methoxy groups -OCH3 is 2. The highest BCUT2D eigenvalue weighted by atomic mass is 79.9. The number of benzene rings is 1. The van der Waals surface area contributed by atoms with Crippen LogP contribution in [0, 0.1) is 0 Å². The Balaban J connectivity index is 2.12. The molecular formula is C13H16BrN3O2. The molecule has 0 radical (unpaired) electrons. The standard InChI is InChI=1S/C13H16BrN3O2/c1-18-8-7-17-6-5-15-13(17)16-10-3-4-12(19-2)11(14)9-10/h3-6,9H,7-8H2,1-2H3,(H,15,16). The zero-order valence-corrected chi connectivity index (χ0v) is 12.5. The summed E-state index contributed by atoms with van der Waals surface area (Å²) in [5.41, 5.74) is 0.942. The largest absolute Gasteiger partial charge is 0.496 e. The third kappa shape index (κ3) is 3.48. The van der Waals surface area contributed by atoms with Crippen LogP contribution in [-0.4, -0.2) is 30.4 Å². The Morgan fingerprint density at radius 3 is 2.89 bits per heavy atom. The number of hydrogen-bond acceptors (Lipinski definition) is 4. The zero-order valence-electron chi connectivity index (χ0n) is 10.9. The minimum atomic E-state index is 0.650. The lowest BCUT2D eigenvalue weighted by atomic mass is 10.3. The van der Waals surface area contributed by atoms with Gasteiger partial charge in [-0.3, -0.25) is 0 Å². The Hall–Kier alpha value is -1.53. The van der Waals surface area contributed by atoms with Gasteiger partial charge >= 0.3 is 0 Å². The topological polar surface area (TPSA) is 48.3 Å². The lowest BCUT2D eigenvalue weighted by Crippen LogP contribution is -2.07. The molecule has 1 heterocycles. The van der Waals surface area contributed by atoms with Crippen molar-refractivity contribution in [2.45, 2.75) is 6.54 Å². The molecule has 0 aliphatic rings. The molecule has 0 amide bonds. The molecule has 5 nitrogen and oxygen atoms in total. The molecule has 102 valence electrons. The second-order valence-electron chi connectivity index (χ2n) is 3.91. The molecule has 0 unspecified atom stereocenters. The van der Waals surface area contributed by atoms with Crippen LogP contribution in [0.5, 0.6) is 5.75 Å². The first-order valence-corrected chi connectivity index (χ1v) is 6.64. The number of aromatic nitrogens is 2. The van der Waals surface area contributed by atoms with Crippen molar-refractivity contribution >= 4 is 27.6 Å². The first-order chi connectivity index (χ1) is 9.24. The van der Waals surface area contributed by atoms with Crippen LogP contribution >= 0.6 is 15.9 Å². The molecule has 0 saturated carbocycles. The van der Waals surface area contributed by atoms with Crippen molar-refractivity contribution < 1.29 is 9.47 Å². The van der Waals surface area contributed by atoms with Crippen molar-refractivity contribution in [3.63, 3.8) is 0 Å². The highest BCUT2D eigenvalue weighted by Gasteiger charge is 2.05. The molecule has 6 heteroatoms. The SMILES string of the molecule is COCCn1ccnc1Nc1ccc(OC)c(Br)c1. The first-order valence-electron chi connectivity index (χ1n) is 5.85. The van der Waals surface area contributed by atoms with E-state index in [2.05, 4.69) is 26.2 Å². The van der Waals surface area contributed by atoms with Crippen molar-refractivity contribution in [1.29, 1.82) is 0 Å². The number of nitrogens with one attached hydrogen (secondary N) is 1. The van der Waals surface area contributed by atoms with Gasteiger partial charge in [0.05, 0.1) is 18.2 Å². The van der Waals surface area contributed by atoms with E-state index in [-0.39, 0.29) is 0 Å². The predicted molar refractivity (Wildman–Crippen MR) is 78.1 cm³/mol. The van der Waals surface area contributed by atoms with Gasteiger partial charge in [0.25, 0.3) is 0 Å². The lowest BCUT2D eigenvalue weighted by Gasteiger charge is -2.11. The van der Waals surface area contributed by atoms with Crippen LogP contribution in [0.1, 0.15) is 0 Å². The molecular weight excluding hydrogens is 310 g/mol. The molecule has 1 aromatic carbocycles. The van der Waals surface area contributed by atoms with Crippen LogP contribution in [0.15, 0.2) is 35.1 Å². The normalized spacial score (nSPS) is 10.5. The fraction of sp³-hybridized carbons (Fsp3) is 0.308. The van der Waals surface area contributed by atoms with Crippen molar-refractivity contribution in [2.24, 2.45) is 0 Å². The average Bonchev–Trinajstić information content (AvgIpc) is 2.84. The Morgan fingerprint density at radius 1 is 1.37 bits per heavy atom. The summed E-state index contributed by atoms with van der Waals surface area (Å²) in [6.45, 7) is 1.41. The second kappa shape index (κ2) is 6.58. The smallest absolute Gasteiger partial charge is 0.207 e. The first kappa shape index (κ1) is 13.9. The van der Waals surface area contributed by atoms with E-state index in [0.29, 0.717) is 6.61 Å². The minimum Gasteiger partial charge on any atom is -0.496 e. The van der Waals surface area contributed by atoms with Crippen molar-refractivity contribution in [2.75, 3.05) is 26.1 Å². The summed E-state index contributed by atoms with van der Waals surface area (Å²) < 4.78 is 13.2. The monoisotopic (exact) mass is 325 g/mol. The summed E-state index contributed by atoms with van der Waals surface area (Å²) in [5.74, 6) is 1.59. The van der Waals surface area contributed by atoms with E-state index < -0.39 is 0 Å². The number of imidazole rings is 1. The molecule has 0 fully saturated rings. The van der Waals surface area contributed by atoms with Gasteiger partial charge in [0, 0.05) is 31.7 Å². The van der Waals surface area contributed by atoms with Gasteiger partial charge in [-0.1, -0.05) is 0 Å². The van der Waals surface area contributed by atoms with E-state index in [9.17, 15) is 0 Å². The molecule has 0 spiro atoms. The van der Waals surface area contributed by atoms with Crippen LogP contribution in [0.4, 0.5) is 11.6 Å². The van der Waals surface area contributed by atoms with Gasteiger partial charge in [-0.05, 0) is 34.1 Å². The molecule has 1 N–H and O–H groups in total. The van der Waals surface area contributed by atoms with E-state index in [1.165, 1.54) is 0 Å². The highest BCUT2D eigenvalue weighted by Crippen LogP contribution is 2.28. The Kier molecular flexibility index (Phi) is 4.81. The fourth-order valence-electron chi connectivity index (χ4n) is 1.68. The van der Waals surface area contributed by atoms with E-state index in [1.54, 1.807) is 20.4 Å². The van der Waals surface area contributed by atoms with Crippen molar-refractivity contribution in [1.82, 2.24) is 9.55 Å². The third-order valence-electron chi connectivity index (χ3n) is 2.66. The summed E-state index contributed by atoms with van der Waals surface area (Å²) in [6, 6.07) is 5.79. The molecule has 2 rings (SSSR count). The number of rotatable bonds is 6. The van der Waals surface area contributed by atoms with Gasteiger partial charge in [-0.2, -0.15) is 0 Å². The summed E-state index contributed by atoms with van der Waals surface area (Å²) >= 11 is 3.46. The van der Waals surface area contributed by atoms with Gasteiger partial charge in [0.1, 0.15) is 5.75 Å². The fourth-order valence-corrected chi connectivity index (χ4v) is 2.22. The van der Waals surface area contributed by atoms with Crippen LogP contribution in [0.2, 0.25) is 0 Å². The van der Waals surface area contributed by atoms with E-state index in [4.69, 9.17) is 9.47 Å². The molecule has 0 bridgehead atoms. The number of halogens is 1. The van der Waals surface area contributed by atoms with Gasteiger partial charge in [-0.25, -0.2) is 4.98 Å². The van der Waals surface area contributed by atoms with Crippen LogP contribution in [0.25, 0.3) is 0 Å². The van der Waals surface area contributed by atoms with Gasteiger partial charge < -0.3 is 19.4 Å². The molecule has 2 aromatic rings. The van der Waals surface area contributed by atoms with Crippen LogP contribution in [0.3, 0.4) is 0 Å². The molecule has 0 saturated heterocycles. The predicted octanol–water partition coefficient (Wildman–Crippen LogP) is 3.04. The van der Waals surface area contributed by atoms with Gasteiger partial charge in [0.15, 0.2) is 0 Å². The van der Waals surface area contributed by atoms with E-state index in [1.807, 2.05) is 29.0 Å². The molecule has 0 aliphatic heterocycles. The lowest BCUT2D eigenvalue weighted by molar-refractivity contribution is 0.188. The average molecular weight is 326 g/mol. The molecule has 19 heavy (non-hydrogen) atoms. The molecule has 1 aromatic heterocycles. The number of nitrogens with zero attached hydrogens (tertiary/aromatic N) is 2. The van der Waals surface area contributed by atoms with Crippen LogP contribution in [-0.2, 0) is 11.3 Å². The maximum atomic E-state index is 5.20. The summed E-state index contributed by atoms with van der Waals surface area (Å²) in [5, 5.41) is 3.26. The maximum absolute atomic E-state index is 5.20. The second-order valence-corrected chi connectivity index (χ2v) is 4.77. The Morgan fingerprint density at radius 2 is 2.21 bits per heavy atom. The summed E-state index contributed by atoms with van der Waals surface area (Å²) in [4.78, 5) is 4.29. The van der Waals surface area contributed by atoms with E-state index >= 15 is 0 Å².